The molecule has 2 aromatic heterocycles. The number of carbonyl (C=O) groups excluding carboxylic acids is 1. The monoisotopic (exact) mass is 352 g/mol. The Morgan fingerprint density at radius 3 is 2.88 bits per heavy atom. The Labute approximate surface area is 153 Å². The van der Waals surface area contributed by atoms with Gasteiger partial charge in [0.2, 0.25) is 5.91 Å². The summed E-state index contributed by atoms with van der Waals surface area (Å²) in [6, 6.07) is 5.87. The van der Waals surface area contributed by atoms with E-state index in [1.165, 1.54) is 6.08 Å². The molecule has 0 radical (unpaired) electrons. The average molecular weight is 352 g/mol. The SMILES string of the molecule is C=CC(=O)N1CCC[C@@H](N(CC)c2cc(-c3ccncc3)c[nH]c2=O)C1. The molecule has 0 spiro atoms. The Kier molecular flexibility index (Phi) is 5.51. The Balaban J connectivity index is 1.91. The molecule has 0 aromatic carbocycles. The van der Waals surface area contributed by atoms with Crippen LogP contribution in [0.2, 0.25) is 0 Å². The zero-order chi connectivity index (χ0) is 18.5. The molecule has 3 heterocycles. The fourth-order valence-corrected chi connectivity index (χ4v) is 3.56. The van der Waals surface area contributed by atoms with Crippen molar-refractivity contribution in [1.82, 2.24) is 14.9 Å². The number of nitrogens with zero attached hydrogens (tertiary/aromatic N) is 3. The van der Waals surface area contributed by atoms with Gasteiger partial charge in [-0.1, -0.05) is 6.58 Å². The van der Waals surface area contributed by atoms with Crippen LogP contribution < -0.4 is 10.5 Å². The largest absolute Gasteiger partial charge is 0.363 e. The van der Waals surface area contributed by atoms with E-state index in [1.54, 1.807) is 18.6 Å². The summed E-state index contributed by atoms with van der Waals surface area (Å²) >= 11 is 0. The number of aromatic nitrogens is 2. The summed E-state index contributed by atoms with van der Waals surface area (Å²) in [5.74, 6) is -0.0507. The normalized spacial score (nSPS) is 17.0. The number of pyridine rings is 2. The second-order valence-electron chi connectivity index (χ2n) is 6.41. The minimum atomic E-state index is -0.114. The number of aromatic amines is 1. The summed E-state index contributed by atoms with van der Waals surface area (Å²) in [6.45, 7) is 7.66. The van der Waals surface area contributed by atoms with Crippen LogP contribution in [0.25, 0.3) is 11.1 Å². The molecule has 0 saturated carbocycles. The van der Waals surface area contributed by atoms with Gasteiger partial charge in [-0.25, -0.2) is 0 Å². The van der Waals surface area contributed by atoms with E-state index in [0.29, 0.717) is 18.8 Å². The minimum Gasteiger partial charge on any atom is -0.363 e. The molecule has 1 N–H and O–H groups in total. The van der Waals surface area contributed by atoms with Gasteiger partial charge in [0.25, 0.3) is 5.56 Å². The number of carbonyl (C=O) groups is 1. The van der Waals surface area contributed by atoms with E-state index in [1.807, 2.05) is 30.0 Å². The van der Waals surface area contributed by atoms with Crippen molar-refractivity contribution < 1.29 is 4.79 Å². The second kappa shape index (κ2) is 7.99. The first-order valence-electron chi connectivity index (χ1n) is 8.95. The highest BCUT2D eigenvalue weighted by atomic mass is 16.2. The molecule has 1 atom stereocenters. The molecule has 6 nitrogen and oxygen atoms in total. The van der Waals surface area contributed by atoms with Crippen LogP contribution in [-0.2, 0) is 4.79 Å². The number of hydrogen-bond acceptors (Lipinski definition) is 4. The average Bonchev–Trinajstić information content (AvgIpc) is 2.70. The maximum Gasteiger partial charge on any atom is 0.271 e. The number of rotatable bonds is 5. The molecule has 2 aromatic rings. The van der Waals surface area contributed by atoms with Crippen molar-refractivity contribution >= 4 is 11.6 Å². The Bertz CT molecular complexity index is 831. The van der Waals surface area contributed by atoms with Crippen molar-refractivity contribution in [2.45, 2.75) is 25.8 Å². The second-order valence-corrected chi connectivity index (χ2v) is 6.41. The predicted octanol–water partition coefficient (Wildman–Crippen LogP) is 2.44. The van der Waals surface area contributed by atoms with Crippen LogP contribution in [0.5, 0.6) is 0 Å². The highest BCUT2D eigenvalue weighted by Crippen LogP contribution is 2.24. The van der Waals surface area contributed by atoms with E-state index < -0.39 is 0 Å². The lowest BCUT2D eigenvalue weighted by atomic mass is 10.0. The standard InChI is InChI=1S/C20H24N4O2/c1-3-19(25)23-11-5-6-17(14-23)24(4-2)18-12-16(13-22-20(18)26)15-7-9-21-10-8-15/h3,7-10,12-13,17H,1,4-6,11,14H2,2H3,(H,22,26)/t17-/m1/s1. The van der Waals surface area contributed by atoms with Gasteiger partial charge in [-0.2, -0.15) is 0 Å². The molecule has 6 heteroatoms. The van der Waals surface area contributed by atoms with Gasteiger partial charge in [0.15, 0.2) is 0 Å². The lowest BCUT2D eigenvalue weighted by Crippen LogP contribution is -2.50. The summed E-state index contributed by atoms with van der Waals surface area (Å²) < 4.78 is 0. The van der Waals surface area contributed by atoms with Crippen molar-refractivity contribution in [3.8, 4) is 11.1 Å². The van der Waals surface area contributed by atoms with Gasteiger partial charge in [0.1, 0.15) is 5.69 Å². The molecule has 26 heavy (non-hydrogen) atoms. The highest BCUT2D eigenvalue weighted by molar-refractivity contribution is 5.87. The van der Waals surface area contributed by atoms with E-state index in [-0.39, 0.29) is 17.5 Å². The first-order valence-corrected chi connectivity index (χ1v) is 8.95. The van der Waals surface area contributed by atoms with Crippen molar-refractivity contribution in [3.05, 3.63) is 59.8 Å². The van der Waals surface area contributed by atoms with Gasteiger partial charge in [0, 0.05) is 49.8 Å². The highest BCUT2D eigenvalue weighted by Gasteiger charge is 2.27. The number of anilines is 1. The molecule has 1 aliphatic heterocycles. The molecule has 136 valence electrons. The zero-order valence-corrected chi connectivity index (χ0v) is 15.0. The number of hydrogen-bond donors (Lipinski definition) is 1. The quantitative estimate of drug-likeness (QED) is 0.839. The molecular weight excluding hydrogens is 328 g/mol. The third-order valence-electron chi connectivity index (χ3n) is 4.87. The van der Waals surface area contributed by atoms with Crippen LogP contribution in [-0.4, -0.2) is 46.5 Å². The number of piperidine rings is 1. The van der Waals surface area contributed by atoms with Crippen LogP contribution in [0.4, 0.5) is 5.69 Å². The summed E-state index contributed by atoms with van der Waals surface area (Å²) in [5.41, 5.74) is 2.47. The first kappa shape index (κ1) is 17.9. The smallest absolute Gasteiger partial charge is 0.271 e. The Morgan fingerprint density at radius 2 is 2.19 bits per heavy atom. The molecule has 0 unspecified atom stereocenters. The third-order valence-corrected chi connectivity index (χ3v) is 4.87. The lowest BCUT2D eigenvalue weighted by molar-refractivity contribution is -0.127. The van der Waals surface area contributed by atoms with Gasteiger partial charge < -0.3 is 14.8 Å². The summed E-state index contributed by atoms with van der Waals surface area (Å²) in [7, 11) is 0. The van der Waals surface area contributed by atoms with Crippen molar-refractivity contribution in [2.24, 2.45) is 0 Å². The van der Waals surface area contributed by atoms with Gasteiger partial charge in [-0.15, -0.1) is 0 Å². The molecular formula is C20H24N4O2. The predicted molar refractivity (Wildman–Crippen MR) is 103 cm³/mol. The van der Waals surface area contributed by atoms with E-state index >= 15 is 0 Å². The lowest BCUT2D eigenvalue weighted by Gasteiger charge is -2.39. The number of likely N-dealkylation sites (N-methyl/N-ethyl adjacent to an activating group) is 1. The van der Waals surface area contributed by atoms with Crippen LogP contribution in [0.1, 0.15) is 19.8 Å². The molecule has 1 fully saturated rings. The summed E-state index contributed by atoms with van der Waals surface area (Å²) in [4.78, 5) is 35.3. The van der Waals surface area contributed by atoms with Crippen LogP contribution in [0.3, 0.4) is 0 Å². The maximum absolute atomic E-state index is 12.5. The minimum absolute atomic E-state index is 0.0507. The number of H-pyrrole nitrogens is 1. The number of likely N-dealkylation sites (tertiary alicyclic amines) is 1. The van der Waals surface area contributed by atoms with E-state index in [4.69, 9.17) is 0 Å². The van der Waals surface area contributed by atoms with Gasteiger partial charge in [-0.05, 0) is 49.6 Å². The van der Waals surface area contributed by atoms with E-state index in [9.17, 15) is 9.59 Å². The van der Waals surface area contributed by atoms with Crippen LogP contribution >= 0.6 is 0 Å². The fraction of sp³-hybridized carbons (Fsp3) is 0.350. The van der Waals surface area contributed by atoms with Gasteiger partial charge in [-0.3, -0.25) is 14.6 Å². The molecule has 0 bridgehead atoms. The van der Waals surface area contributed by atoms with Crippen molar-refractivity contribution in [1.29, 1.82) is 0 Å². The molecule has 1 saturated heterocycles. The maximum atomic E-state index is 12.5. The van der Waals surface area contributed by atoms with Gasteiger partial charge >= 0.3 is 0 Å². The van der Waals surface area contributed by atoms with Crippen LogP contribution in [0.15, 0.2) is 54.2 Å². The van der Waals surface area contributed by atoms with Crippen LogP contribution in [0, 0.1) is 0 Å². The van der Waals surface area contributed by atoms with Crippen molar-refractivity contribution in [3.63, 3.8) is 0 Å². The van der Waals surface area contributed by atoms with Gasteiger partial charge in [0.05, 0.1) is 0 Å². The zero-order valence-electron chi connectivity index (χ0n) is 15.0. The van der Waals surface area contributed by atoms with E-state index in [0.717, 1.165) is 30.5 Å². The molecule has 3 rings (SSSR count). The first-order chi connectivity index (χ1) is 12.6. The van der Waals surface area contributed by atoms with E-state index in [2.05, 4.69) is 21.4 Å². The topological polar surface area (TPSA) is 69.3 Å². The molecule has 1 amide bonds. The Hall–Kier alpha value is -2.89. The summed E-state index contributed by atoms with van der Waals surface area (Å²) in [5, 5.41) is 0. The fourth-order valence-electron chi connectivity index (χ4n) is 3.56. The van der Waals surface area contributed by atoms with Crippen molar-refractivity contribution in [2.75, 3.05) is 24.5 Å². The third kappa shape index (κ3) is 3.69. The molecule has 0 aliphatic carbocycles. The number of nitrogens with one attached hydrogen (secondary N) is 1. The molecule has 1 aliphatic rings. The summed E-state index contributed by atoms with van der Waals surface area (Å²) in [6.07, 6.45) is 8.42. The number of amides is 1. The Morgan fingerprint density at radius 1 is 1.42 bits per heavy atom.